The third-order valence-corrected chi connectivity index (χ3v) is 3.69. The quantitative estimate of drug-likeness (QED) is 0.460. The highest BCUT2D eigenvalue weighted by Crippen LogP contribution is 2.19. The number of nitrogens with one attached hydrogen (secondary N) is 1. The van der Waals surface area contributed by atoms with E-state index in [2.05, 4.69) is 5.32 Å². The van der Waals surface area contributed by atoms with Crippen LogP contribution in [0.4, 0.5) is 5.69 Å². The molecule has 0 heterocycles. The molecule has 0 radical (unpaired) electrons. The molecule has 0 bridgehead atoms. The third-order valence-electron chi connectivity index (χ3n) is 3.69. The maximum Gasteiger partial charge on any atom is 0.303 e. The van der Waals surface area contributed by atoms with Crippen LogP contribution in [0.25, 0.3) is 0 Å². The Morgan fingerprint density at radius 3 is 1.90 bits per heavy atom. The number of amides is 1. The SMILES string of the molecule is CC(=O)OC[C@H](OC(C)=O)[C@H](OC(C)=O)[C@H](OC(C)=O)C(=O)Nc1ccccc1C. The van der Waals surface area contributed by atoms with Gasteiger partial charge in [-0.05, 0) is 18.6 Å². The molecule has 10 nitrogen and oxygen atoms in total. The smallest absolute Gasteiger partial charge is 0.303 e. The average Bonchev–Trinajstić information content (AvgIpc) is 2.62. The topological polar surface area (TPSA) is 134 Å². The van der Waals surface area contributed by atoms with E-state index >= 15 is 0 Å². The summed E-state index contributed by atoms with van der Waals surface area (Å²) in [7, 11) is 0. The molecule has 0 fully saturated rings. The minimum atomic E-state index is -1.69. The van der Waals surface area contributed by atoms with Gasteiger partial charge in [-0.1, -0.05) is 18.2 Å². The normalized spacial score (nSPS) is 13.2. The van der Waals surface area contributed by atoms with Crippen molar-refractivity contribution in [3.05, 3.63) is 29.8 Å². The van der Waals surface area contributed by atoms with Crippen molar-refractivity contribution < 1.29 is 42.9 Å². The third kappa shape index (κ3) is 8.29. The Hall–Kier alpha value is -3.43. The molecule has 0 aliphatic rings. The van der Waals surface area contributed by atoms with E-state index in [-0.39, 0.29) is 0 Å². The molecule has 0 aromatic heterocycles. The lowest BCUT2D eigenvalue weighted by molar-refractivity contribution is -0.190. The highest BCUT2D eigenvalue weighted by atomic mass is 16.6. The van der Waals surface area contributed by atoms with Crippen LogP contribution in [0.5, 0.6) is 0 Å². The summed E-state index contributed by atoms with van der Waals surface area (Å²) in [6, 6.07) is 6.84. The number of ether oxygens (including phenoxy) is 4. The van der Waals surface area contributed by atoms with Crippen molar-refractivity contribution in [1.29, 1.82) is 0 Å². The Morgan fingerprint density at radius 1 is 0.833 bits per heavy atom. The standard InChI is InChI=1S/C20H25NO9/c1-11-8-6-7-9-16(11)21-20(26)19(30-15(5)25)18(29-14(4)24)17(28-13(3)23)10-27-12(2)22/h6-9,17-19H,10H2,1-5H3,(H,21,26)/t17-,18-,19-/m0/s1. The second kappa shape index (κ2) is 11.5. The number of hydrogen-bond acceptors (Lipinski definition) is 9. The Bertz CT molecular complexity index is 805. The van der Waals surface area contributed by atoms with Gasteiger partial charge in [-0.3, -0.25) is 24.0 Å². The van der Waals surface area contributed by atoms with Gasteiger partial charge < -0.3 is 24.3 Å². The summed E-state index contributed by atoms with van der Waals surface area (Å²) in [6.45, 7) is 5.56. The van der Waals surface area contributed by atoms with Gasteiger partial charge in [-0.15, -0.1) is 0 Å². The van der Waals surface area contributed by atoms with E-state index in [1.54, 1.807) is 31.2 Å². The first-order valence-electron chi connectivity index (χ1n) is 9.02. The average molecular weight is 423 g/mol. The number of carbonyl (C=O) groups excluding carboxylic acids is 5. The van der Waals surface area contributed by atoms with Gasteiger partial charge in [-0.2, -0.15) is 0 Å². The molecule has 0 saturated carbocycles. The molecular formula is C20H25NO9. The van der Waals surface area contributed by atoms with Crippen LogP contribution in [0.15, 0.2) is 24.3 Å². The number of esters is 4. The lowest BCUT2D eigenvalue weighted by atomic mass is 10.1. The largest absolute Gasteiger partial charge is 0.462 e. The first-order valence-corrected chi connectivity index (χ1v) is 9.02. The van der Waals surface area contributed by atoms with Crippen molar-refractivity contribution in [3.8, 4) is 0 Å². The summed E-state index contributed by atoms with van der Waals surface area (Å²) in [5.74, 6) is -3.98. The molecule has 0 spiro atoms. The molecule has 0 unspecified atom stereocenters. The summed E-state index contributed by atoms with van der Waals surface area (Å²) in [6.07, 6.45) is -4.66. The van der Waals surface area contributed by atoms with Gasteiger partial charge in [0.1, 0.15) is 6.61 Å². The first-order chi connectivity index (χ1) is 14.0. The number of benzene rings is 1. The van der Waals surface area contributed by atoms with Crippen LogP contribution in [0, 0.1) is 6.92 Å². The predicted octanol–water partition coefficient (Wildman–Crippen LogP) is 1.29. The summed E-state index contributed by atoms with van der Waals surface area (Å²) < 4.78 is 20.2. The van der Waals surface area contributed by atoms with Gasteiger partial charge in [0.2, 0.25) is 6.10 Å². The lowest BCUT2D eigenvalue weighted by Crippen LogP contribution is -2.52. The van der Waals surface area contributed by atoms with Gasteiger partial charge in [0.25, 0.3) is 5.91 Å². The number of hydrogen-bond donors (Lipinski definition) is 1. The van der Waals surface area contributed by atoms with Crippen molar-refractivity contribution in [1.82, 2.24) is 0 Å². The van der Waals surface area contributed by atoms with Gasteiger partial charge in [0.15, 0.2) is 12.2 Å². The predicted molar refractivity (Wildman–Crippen MR) is 103 cm³/mol. The van der Waals surface area contributed by atoms with E-state index in [0.717, 1.165) is 33.3 Å². The highest BCUT2D eigenvalue weighted by Gasteiger charge is 2.42. The fourth-order valence-electron chi connectivity index (χ4n) is 2.50. The van der Waals surface area contributed by atoms with Crippen LogP contribution in [0.2, 0.25) is 0 Å². The summed E-state index contributed by atoms with van der Waals surface area (Å²) in [5, 5.41) is 2.59. The zero-order valence-electron chi connectivity index (χ0n) is 17.4. The number of anilines is 1. The van der Waals surface area contributed by atoms with Crippen molar-refractivity contribution in [3.63, 3.8) is 0 Å². The maximum absolute atomic E-state index is 12.9. The molecule has 0 aliphatic heterocycles. The molecule has 10 heteroatoms. The van der Waals surface area contributed by atoms with Crippen LogP contribution in [0.3, 0.4) is 0 Å². The molecule has 1 aromatic carbocycles. The summed E-state index contributed by atoms with van der Waals surface area (Å²) >= 11 is 0. The molecule has 0 aliphatic carbocycles. The molecule has 164 valence electrons. The monoisotopic (exact) mass is 423 g/mol. The first kappa shape index (κ1) is 24.6. The Balaban J connectivity index is 3.30. The molecule has 30 heavy (non-hydrogen) atoms. The molecule has 1 aromatic rings. The van der Waals surface area contributed by atoms with E-state index in [1.807, 2.05) is 0 Å². The maximum atomic E-state index is 12.9. The number of rotatable bonds is 9. The molecule has 1 rings (SSSR count). The van der Waals surface area contributed by atoms with Crippen LogP contribution in [-0.4, -0.2) is 54.7 Å². The number of aryl methyl sites for hydroxylation is 1. The molecule has 0 saturated heterocycles. The highest BCUT2D eigenvalue weighted by molar-refractivity contribution is 5.96. The van der Waals surface area contributed by atoms with Crippen molar-refractivity contribution in [2.75, 3.05) is 11.9 Å². The zero-order valence-corrected chi connectivity index (χ0v) is 17.4. The fraction of sp³-hybridized carbons (Fsp3) is 0.450. The zero-order chi connectivity index (χ0) is 22.8. The van der Waals surface area contributed by atoms with E-state index < -0.39 is 54.7 Å². The van der Waals surface area contributed by atoms with Crippen molar-refractivity contribution in [2.24, 2.45) is 0 Å². The van der Waals surface area contributed by atoms with E-state index in [1.165, 1.54) is 0 Å². The van der Waals surface area contributed by atoms with Crippen molar-refractivity contribution in [2.45, 2.75) is 52.9 Å². The minimum absolute atomic E-state index is 0.435. The molecule has 1 amide bonds. The van der Waals surface area contributed by atoms with Gasteiger partial charge >= 0.3 is 23.9 Å². The van der Waals surface area contributed by atoms with Crippen LogP contribution in [-0.2, 0) is 42.9 Å². The molecule has 1 N–H and O–H groups in total. The fourth-order valence-corrected chi connectivity index (χ4v) is 2.50. The summed E-state index contributed by atoms with van der Waals surface area (Å²) in [4.78, 5) is 59.0. The second-order valence-electron chi connectivity index (χ2n) is 6.36. The lowest BCUT2D eigenvalue weighted by Gasteiger charge is -2.31. The van der Waals surface area contributed by atoms with Crippen LogP contribution in [0.1, 0.15) is 33.3 Å². The second-order valence-corrected chi connectivity index (χ2v) is 6.36. The van der Waals surface area contributed by atoms with Gasteiger partial charge in [0.05, 0.1) is 0 Å². The summed E-state index contributed by atoms with van der Waals surface area (Å²) in [5.41, 5.74) is 1.16. The van der Waals surface area contributed by atoms with Crippen LogP contribution >= 0.6 is 0 Å². The van der Waals surface area contributed by atoms with Gasteiger partial charge in [-0.25, -0.2) is 0 Å². The molecule has 3 atom stereocenters. The van der Waals surface area contributed by atoms with Gasteiger partial charge in [0, 0.05) is 33.4 Å². The van der Waals surface area contributed by atoms with Crippen LogP contribution < -0.4 is 5.32 Å². The minimum Gasteiger partial charge on any atom is -0.462 e. The van der Waals surface area contributed by atoms with E-state index in [9.17, 15) is 24.0 Å². The Kier molecular flexibility index (Phi) is 9.47. The van der Waals surface area contributed by atoms with E-state index in [0.29, 0.717) is 5.69 Å². The Labute approximate surface area is 173 Å². The molecular weight excluding hydrogens is 398 g/mol. The van der Waals surface area contributed by atoms with Crippen molar-refractivity contribution >= 4 is 35.5 Å². The Morgan fingerprint density at radius 2 is 1.40 bits per heavy atom. The number of carbonyl (C=O) groups is 5. The van der Waals surface area contributed by atoms with E-state index in [4.69, 9.17) is 18.9 Å². The number of para-hydroxylation sites is 1.